The molecular formula is C15H16N6O. The zero-order valence-electron chi connectivity index (χ0n) is 12.0. The molecule has 0 bridgehead atoms. The zero-order chi connectivity index (χ0) is 14.9. The Hall–Kier alpha value is -2.83. The summed E-state index contributed by atoms with van der Waals surface area (Å²) in [4.78, 5) is 27.6. The van der Waals surface area contributed by atoms with Gasteiger partial charge in [-0.2, -0.15) is 0 Å². The molecule has 0 unspecified atom stereocenters. The van der Waals surface area contributed by atoms with E-state index in [9.17, 15) is 4.79 Å². The smallest absolute Gasteiger partial charge is 0.323 e. The highest BCUT2D eigenvalue weighted by atomic mass is 16.1. The lowest BCUT2D eigenvalue weighted by atomic mass is 10.2. The molecule has 0 aliphatic carbocycles. The lowest BCUT2D eigenvalue weighted by Crippen LogP contribution is -2.19. The van der Waals surface area contributed by atoms with E-state index in [4.69, 9.17) is 0 Å². The van der Waals surface area contributed by atoms with Gasteiger partial charge in [0.25, 0.3) is 0 Å². The predicted molar refractivity (Wildman–Crippen MR) is 85.7 cm³/mol. The lowest BCUT2D eigenvalue weighted by molar-refractivity contribution is 0.928. The predicted octanol–water partition coefficient (Wildman–Crippen LogP) is 1.99. The van der Waals surface area contributed by atoms with Gasteiger partial charge in [0.1, 0.15) is 18.0 Å². The molecule has 3 N–H and O–H groups in total. The Bertz CT molecular complexity index is 862. The van der Waals surface area contributed by atoms with E-state index in [0.29, 0.717) is 0 Å². The number of imidazole rings is 1. The van der Waals surface area contributed by atoms with Crippen LogP contribution in [-0.2, 0) is 0 Å². The minimum Gasteiger partial charge on any atom is -0.356 e. The number of anilines is 3. The van der Waals surface area contributed by atoms with Crippen LogP contribution in [-0.4, -0.2) is 33.0 Å². The molecule has 4 rings (SSSR count). The minimum atomic E-state index is -0.203. The molecule has 3 heterocycles. The quantitative estimate of drug-likeness (QED) is 0.687. The first-order valence-corrected chi connectivity index (χ1v) is 7.34. The van der Waals surface area contributed by atoms with Gasteiger partial charge in [-0.1, -0.05) is 0 Å². The molecule has 1 aromatic carbocycles. The second-order valence-corrected chi connectivity index (χ2v) is 5.42. The van der Waals surface area contributed by atoms with Crippen molar-refractivity contribution in [3.8, 4) is 0 Å². The number of nitrogens with one attached hydrogen (secondary N) is 3. The maximum Gasteiger partial charge on any atom is 0.323 e. The van der Waals surface area contributed by atoms with Crippen LogP contribution < -0.4 is 15.9 Å². The first-order valence-electron chi connectivity index (χ1n) is 7.34. The number of hydrogen-bond acceptors (Lipinski definition) is 5. The van der Waals surface area contributed by atoms with Gasteiger partial charge in [0.05, 0.1) is 11.0 Å². The molecule has 1 saturated heterocycles. The Kier molecular flexibility index (Phi) is 3.03. The van der Waals surface area contributed by atoms with Crippen LogP contribution in [0.2, 0.25) is 0 Å². The van der Waals surface area contributed by atoms with Gasteiger partial charge >= 0.3 is 5.69 Å². The van der Waals surface area contributed by atoms with Gasteiger partial charge in [-0.05, 0) is 31.0 Å². The second-order valence-electron chi connectivity index (χ2n) is 5.42. The molecule has 1 fully saturated rings. The molecule has 0 radical (unpaired) electrons. The fraction of sp³-hybridized carbons (Fsp3) is 0.267. The van der Waals surface area contributed by atoms with E-state index in [0.717, 1.165) is 41.4 Å². The van der Waals surface area contributed by atoms with Crippen LogP contribution in [0, 0.1) is 0 Å². The van der Waals surface area contributed by atoms with E-state index in [-0.39, 0.29) is 5.69 Å². The third kappa shape index (κ3) is 2.41. The fourth-order valence-corrected chi connectivity index (χ4v) is 2.79. The van der Waals surface area contributed by atoms with Crippen molar-refractivity contribution in [3.63, 3.8) is 0 Å². The van der Waals surface area contributed by atoms with Gasteiger partial charge in [0.2, 0.25) is 0 Å². The van der Waals surface area contributed by atoms with Crippen LogP contribution in [0.5, 0.6) is 0 Å². The van der Waals surface area contributed by atoms with Crippen LogP contribution >= 0.6 is 0 Å². The highest BCUT2D eigenvalue weighted by molar-refractivity contribution is 5.79. The molecule has 0 saturated carbocycles. The molecule has 3 aromatic rings. The van der Waals surface area contributed by atoms with Crippen LogP contribution in [0.4, 0.5) is 17.3 Å². The van der Waals surface area contributed by atoms with Crippen LogP contribution in [0.1, 0.15) is 12.8 Å². The standard InChI is InChI=1S/C15H16N6O/c22-15-19-11-4-3-10(7-12(11)20-15)18-13-8-14(17-9-16-13)21-5-1-2-6-21/h3-4,7-9H,1-2,5-6H2,(H,16,17,18)(H2,19,20,22). The van der Waals surface area contributed by atoms with Gasteiger partial charge < -0.3 is 20.2 Å². The Labute approximate surface area is 126 Å². The van der Waals surface area contributed by atoms with E-state index in [2.05, 4.69) is 30.2 Å². The summed E-state index contributed by atoms with van der Waals surface area (Å²) in [5.74, 6) is 1.69. The molecule has 0 spiro atoms. The highest BCUT2D eigenvalue weighted by Crippen LogP contribution is 2.22. The molecule has 22 heavy (non-hydrogen) atoms. The third-order valence-corrected chi connectivity index (χ3v) is 3.87. The maximum atomic E-state index is 11.3. The summed E-state index contributed by atoms with van der Waals surface area (Å²) in [6.45, 7) is 2.10. The topological polar surface area (TPSA) is 89.7 Å². The van der Waals surface area contributed by atoms with Crippen molar-refractivity contribution in [2.45, 2.75) is 12.8 Å². The first kappa shape index (κ1) is 12.9. The van der Waals surface area contributed by atoms with Crippen molar-refractivity contribution in [2.24, 2.45) is 0 Å². The van der Waals surface area contributed by atoms with Crippen molar-refractivity contribution in [3.05, 3.63) is 41.1 Å². The highest BCUT2D eigenvalue weighted by Gasteiger charge is 2.14. The number of aromatic nitrogens is 4. The molecule has 1 aliphatic rings. The SMILES string of the molecule is O=c1[nH]c2ccc(Nc3cc(N4CCCC4)ncn3)cc2[nH]1. The summed E-state index contributed by atoms with van der Waals surface area (Å²) < 4.78 is 0. The molecule has 1 aliphatic heterocycles. The first-order chi connectivity index (χ1) is 10.8. The number of nitrogens with zero attached hydrogens (tertiary/aromatic N) is 3. The van der Waals surface area contributed by atoms with Crippen molar-refractivity contribution >= 4 is 28.4 Å². The van der Waals surface area contributed by atoms with E-state index in [1.54, 1.807) is 6.33 Å². The van der Waals surface area contributed by atoms with Crippen LogP contribution in [0.15, 0.2) is 35.4 Å². The summed E-state index contributed by atoms with van der Waals surface area (Å²) in [6, 6.07) is 7.60. The molecule has 7 heteroatoms. The van der Waals surface area contributed by atoms with Crippen LogP contribution in [0.3, 0.4) is 0 Å². The summed E-state index contributed by atoms with van der Waals surface area (Å²) in [7, 11) is 0. The molecule has 0 amide bonds. The average molecular weight is 296 g/mol. The van der Waals surface area contributed by atoms with Crippen molar-refractivity contribution in [2.75, 3.05) is 23.3 Å². The van der Waals surface area contributed by atoms with E-state index in [1.807, 2.05) is 24.3 Å². The maximum absolute atomic E-state index is 11.3. The molecule has 0 atom stereocenters. The third-order valence-electron chi connectivity index (χ3n) is 3.87. The number of rotatable bonds is 3. The summed E-state index contributed by atoms with van der Waals surface area (Å²) >= 11 is 0. The van der Waals surface area contributed by atoms with Crippen molar-refractivity contribution in [1.82, 2.24) is 19.9 Å². The van der Waals surface area contributed by atoms with Gasteiger partial charge in [-0.25, -0.2) is 14.8 Å². The largest absolute Gasteiger partial charge is 0.356 e. The Balaban J connectivity index is 1.61. The zero-order valence-corrected chi connectivity index (χ0v) is 12.0. The Morgan fingerprint density at radius 2 is 1.86 bits per heavy atom. The number of benzene rings is 1. The van der Waals surface area contributed by atoms with E-state index < -0.39 is 0 Å². The number of fused-ring (bicyclic) bond motifs is 1. The lowest BCUT2D eigenvalue weighted by Gasteiger charge is -2.16. The van der Waals surface area contributed by atoms with Gasteiger partial charge in [0.15, 0.2) is 0 Å². The molecule has 7 nitrogen and oxygen atoms in total. The van der Waals surface area contributed by atoms with Crippen molar-refractivity contribution in [1.29, 1.82) is 0 Å². The summed E-state index contributed by atoms with van der Waals surface area (Å²) in [5, 5.41) is 3.26. The van der Waals surface area contributed by atoms with Gasteiger partial charge in [0, 0.05) is 24.8 Å². The Morgan fingerprint density at radius 3 is 2.73 bits per heavy atom. The molecule has 2 aromatic heterocycles. The molecular weight excluding hydrogens is 280 g/mol. The molecule has 112 valence electrons. The summed E-state index contributed by atoms with van der Waals surface area (Å²) in [5.41, 5.74) is 2.22. The van der Waals surface area contributed by atoms with Crippen LogP contribution in [0.25, 0.3) is 11.0 Å². The summed E-state index contributed by atoms with van der Waals surface area (Å²) in [6.07, 6.45) is 4.00. The van der Waals surface area contributed by atoms with E-state index >= 15 is 0 Å². The van der Waals surface area contributed by atoms with Gasteiger partial charge in [-0.3, -0.25) is 0 Å². The number of H-pyrrole nitrogens is 2. The average Bonchev–Trinajstić information content (AvgIpc) is 3.15. The Morgan fingerprint density at radius 1 is 1.05 bits per heavy atom. The monoisotopic (exact) mass is 296 g/mol. The fourth-order valence-electron chi connectivity index (χ4n) is 2.79. The number of aromatic amines is 2. The normalized spacial score (nSPS) is 14.6. The minimum absolute atomic E-state index is 0.203. The number of hydrogen-bond donors (Lipinski definition) is 3. The van der Waals surface area contributed by atoms with Crippen molar-refractivity contribution < 1.29 is 0 Å². The second kappa shape index (κ2) is 5.18. The van der Waals surface area contributed by atoms with Gasteiger partial charge in [-0.15, -0.1) is 0 Å². The van der Waals surface area contributed by atoms with E-state index in [1.165, 1.54) is 12.8 Å².